The van der Waals surface area contributed by atoms with Crippen molar-refractivity contribution in [3.05, 3.63) is 12.4 Å². The molecule has 0 aliphatic heterocycles. The van der Waals surface area contributed by atoms with Gasteiger partial charge in [0.25, 0.3) is 0 Å². The minimum absolute atomic E-state index is 0.607. The van der Waals surface area contributed by atoms with Gasteiger partial charge in [-0.1, -0.05) is 39.5 Å². The van der Waals surface area contributed by atoms with E-state index in [0.29, 0.717) is 6.04 Å². The molecule has 1 N–H and O–H groups in total. The van der Waals surface area contributed by atoms with E-state index in [0.717, 1.165) is 18.4 Å². The normalized spacial score (nSPS) is 24.8. The van der Waals surface area contributed by atoms with Gasteiger partial charge in [0.2, 0.25) is 5.95 Å². The molecule has 2 unspecified atom stereocenters. The van der Waals surface area contributed by atoms with Crippen molar-refractivity contribution in [1.29, 1.82) is 0 Å². The second-order valence-corrected chi connectivity index (χ2v) is 5.66. The Morgan fingerprint density at radius 3 is 3.00 bits per heavy atom. The van der Waals surface area contributed by atoms with E-state index >= 15 is 0 Å². The summed E-state index contributed by atoms with van der Waals surface area (Å²) in [7, 11) is 0. The lowest BCUT2D eigenvalue weighted by Gasteiger charge is -2.23. The van der Waals surface area contributed by atoms with Crippen molar-refractivity contribution in [3.8, 4) is 0 Å². The first kappa shape index (κ1) is 13.4. The van der Waals surface area contributed by atoms with E-state index in [2.05, 4.69) is 34.9 Å². The number of imidazole rings is 1. The van der Waals surface area contributed by atoms with Crippen LogP contribution in [0.5, 0.6) is 0 Å². The van der Waals surface area contributed by atoms with Gasteiger partial charge in [0.1, 0.15) is 0 Å². The fourth-order valence-electron chi connectivity index (χ4n) is 2.83. The molecule has 1 heterocycles. The van der Waals surface area contributed by atoms with Gasteiger partial charge in [0.15, 0.2) is 0 Å². The van der Waals surface area contributed by atoms with Crippen LogP contribution >= 0.6 is 0 Å². The van der Waals surface area contributed by atoms with Crippen LogP contribution in [-0.4, -0.2) is 15.6 Å². The van der Waals surface area contributed by atoms with Crippen molar-refractivity contribution in [3.63, 3.8) is 0 Å². The lowest BCUT2D eigenvalue weighted by atomic mass is 9.97. The molecule has 1 aliphatic carbocycles. The van der Waals surface area contributed by atoms with Gasteiger partial charge in [0.05, 0.1) is 0 Å². The van der Waals surface area contributed by atoms with E-state index in [-0.39, 0.29) is 0 Å². The van der Waals surface area contributed by atoms with Gasteiger partial charge in [-0.05, 0) is 25.2 Å². The number of unbranched alkanes of at least 4 members (excludes halogenated alkanes) is 1. The van der Waals surface area contributed by atoms with Gasteiger partial charge in [-0.3, -0.25) is 0 Å². The summed E-state index contributed by atoms with van der Waals surface area (Å²) in [5.74, 6) is 1.84. The van der Waals surface area contributed by atoms with Gasteiger partial charge in [-0.2, -0.15) is 0 Å². The second-order valence-electron chi connectivity index (χ2n) is 5.66. The standard InChI is InChI=1S/C15H27N3/c1-3-4-11-18-12-10-16-15(18)17-14-9-7-5-6-8-13(14)2/h10,12-14H,3-9,11H2,1-2H3,(H,16,17). The molecule has 102 valence electrons. The number of aromatic nitrogens is 2. The molecule has 1 aromatic heterocycles. The topological polar surface area (TPSA) is 29.9 Å². The Kier molecular flexibility index (Phi) is 5.09. The molecule has 0 saturated heterocycles. The highest BCUT2D eigenvalue weighted by Crippen LogP contribution is 2.25. The molecule has 18 heavy (non-hydrogen) atoms. The van der Waals surface area contributed by atoms with Crippen molar-refractivity contribution < 1.29 is 0 Å². The second kappa shape index (κ2) is 6.81. The zero-order valence-electron chi connectivity index (χ0n) is 11.9. The Bertz CT molecular complexity index is 345. The van der Waals surface area contributed by atoms with E-state index in [1.54, 1.807) is 0 Å². The quantitative estimate of drug-likeness (QED) is 0.797. The van der Waals surface area contributed by atoms with Crippen LogP contribution in [0, 0.1) is 5.92 Å². The number of hydrogen-bond donors (Lipinski definition) is 1. The van der Waals surface area contributed by atoms with E-state index in [1.165, 1.54) is 44.9 Å². The molecule has 0 bridgehead atoms. The number of aryl methyl sites for hydroxylation is 1. The summed E-state index contributed by atoms with van der Waals surface area (Å²) >= 11 is 0. The molecule has 0 spiro atoms. The van der Waals surface area contributed by atoms with Crippen LogP contribution < -0.4 is 5.32 Å². The molecule has 2 atom stereocenters. The van der Waals surface area contributed by atoms with Gasteiger partial charge < -0.3 is 9.88 Å². The van der Waals surface area contributed by atoms with Gasteiger partial charge in [0, 0.05) is 25.0 Å². The third-order valence-electron chi connectivity index (χ3n) is 4.14. The van der Waals surface area contributed by atoms with E-state index < -0.39 is 0 Å². The van der Waals surface area contributed by atoms with Crippen molar-refractivity contribution in [2.24, 2.45) is 5.92 Å². The van der Waals surface area contributed by atoms with Crippen LogP contribution in [0.25, 0.3) is 0 Å². The molecule has 1 fully saturated rings. The maximum absolute atomic E-state index is 4.48. The van der Waals surface area contributed by atoms with Crippen molar-refractivity contribution in [2.75, 3.05) is 5.32 Å². The maximum Gasteiger partial charge on any atom is 0.202 e. The van der Waals surface area contributed by atoms with Crippen LogP contribution in [0.15, 0.2) is 12.4 Å². The Morgan fingerprint density at radius 1 is 1.33 bits per heavy atom. The average molecular weight is 249 g/mol. The number of nitrogens with one attached hydrogen (secondary N) is 1. The number of rotatable bonds is 5. The molecule has 0 radical (unpaired) electrons. The average Bonchev–Trinajstić information content (AvgIpc) is 2.71. The highest BCUT2D eigenvalue weighted by Gasteiger charge is 2.20. The third-order valence-corrected chi connectivity index (χ3v) is 4.14. The summed E-state index contributed by atoms with van der Waals surface area (Å²) in [6.45, 7) is 5.69. The molecule has 1 saturated carbocycles. The maximum atomic E-state index is 4.48. The lowest BCUT2D eigenvalue weighted by Crippen LogP contribution is -2.27. The molecule has 3 heteroatoms. The van der Waals surface area contributed by atoms with Crippen LogP contribution in [0.4, 0.5) is 5.95 Å². The Balaban J connectivity index is 1.96. The number of nitrogens with zero attached hydrogens (tertiary/aromatic N) is 2. The summed E-state index contributed by atoms with van der Waals surface area (Å²) in [4.78, 5) is 4.48. The smallest absolute Gasteiger partial charge is 0.202 e. The predicted octanol–water partition coefficient (Wildman–Crippen LogP) is 4.06. The first-order valence-corrected chi connectivity index (χ1v) is 7.59. The fraction of sp³-hybridized carbons (Fsp3) is 0.800. The minimum atomic E-state index is 0.607. The van der Waals surface area contributed by atoms with E-state index in [1.807, 2.05) is 6.20 Å². The Morgan fingerprint density at radius 2 is 2.17 bits per heavy atom. The molecule has 0 aromatic carbocycles. The fourth-order valence-corrected chi connectivity index (χ4v) is 2.83. The number of anilines is 1. The predicted molar refractivity (Wildman–Crippen MR) is 76.8 cm³/mol. The summed E-state index contributed by atoms with van der Waals surface area (Å²) in [5, 5.41) is 3.68. The molecule has 2 rings (SSSR count). The van der Waals surface area contributed by atoms with Gasteiger partial charge >= 0.3 is 0 Å². The first-order chi connectivity index (χ1) is 8.81. The summed E-state index contributed by atoms with van der Waals surface area (Å²) in [6.07, 6.45) is 13.3. The summed E-state index contributed by atoms with van der Waals surface area (Å²) in [6, 6.07) is 0.607. The van der Waals surface area contributed by atoms with Crippen LogP contribution in [-0.2, 0) is 6.54 Å². The monoisotopic (exact) mass is 249 g/mol. The zero-order valence-corrected chi connectivity index (χ0v) is 11.9. The first-order valence-electron chi connectivity index (χ1n) is 7.59. The molecular weight excluding hydrogens is 222 g/mol. The molecular formula is C15H27N3. The van der Waals surface area contributed by atoms with E-state index in [4.69, 9.17) is 0 Å². The molecule has 3 nitrogen and oxygen atoms in total. The minimum Gasteiger partial charge on any atom is -0.353 e. The summed E-state index contributed by atoms with van der Waals surface area (Å²) < 4.78 is 2.26. The summed E-state index contributed by atoms with van der Waals surface area (Å²) in [5.41, 5.74) is 0. The van der Waals surface area contributed by atoms with Crippen LogP contribution in [0.1, 0.15) is 58.8 Å². The van der Waals surface area contributed by atoms with Crippen LogP contribution in [0.2, 0.25) is 0 Å². The Hall–Kier alpha value is -0.990. The largest absolute Gasteiger partial charge is 0.353 e. The third kappa shape index (κ3) is 3.50. The molecule has 1 aliphatic rings. The lowest BCUT2D eigenvalue weighted by molar-refractivity contribution is 0.452. The highest BCUT2D eigenvalue weighted by atomic mass is 15.2. The highest BCUT2D eigenvalue weighted by molar-refractivity contribution is 5.28. The SMILES string of the molecule is CCCCn1ccnc1NC1CCCCCC1C. The van der Waals surface area contributed by atoms with E-state index in [9.17, 15) is 0 Å². The van der Waals surface area contributed by atoms with Gasteiger partial charge in [-0.15, -0.1) is 0 Å². The van der Waals surface area contributed by atoms with Crippen molar-refractivity contribution in [2.45, 2.75) is 71.4 Å². The molecule has 0 amide bonds. The van der Waals surface area contributed by atoms with Crippen molar-refractivity contribution in [1.82, 2.24) is 9.55 Å². The van der Waals surface area contributed by atoms with Crippen molar-refractivity contribution >= 4 is 5.95 Å². The van der Waals surface area contributed by atoms with Gasteiger partial charge in [-0.25, -0.2) is 4.98 Å². The molecule has 1 aromatic rings. The van der Waals surface area contributed by atoms with Crippen LogP contribution in [0.3, 0.4) is 0 Å². The number of hydrogen-bond acceptors (Lipinski definition) is 2. The zero-order chi connectivity index (χ0) is 12.8. The Labute approximate surface area is 111 Å².